The normalized spacial score (nSPS) is 10.0. The summed E-state index contributed by atoms with van der Waals surface area (Å²) in [7, 11) is 1.50. The molecule has 0 aliphatic rings. The van der Waals surface area contributed by atoms with Crippen molar-refractivity contribution in [1.82, 2.24) is 5.32 Å². The Morgan fingerprint density at radius 1 is 1.37 bits per heavy atom. The highest BCUT2D eigenvalue weighted by Gasteiger charge is 2.11. The highest BCUT2D eigenvalue weighted by atomic mass is 16.5. The molecule has 0 unspecified atom stereocenters. The summed E-state index contributed by atoms with van der Waals surface area (Å²) in [4.78, 5) is 22.1. The van der Waals surface area contributed by atoms with Crippen LogP contribution >= 0.6 is 0 Å². The van der Waals surface area contributed by atoms with E-state index in [1.54, 1.807) is 12.1 Å². The zero-order valence-corrected chi connectivity index (χ0v) is 10.9. The lowest BCUT2D eigenvalue weighted by atomic mass is 10.1. The Kier molecular flexibility index (Phi) is 5.81. The van der Waals surface area contributed by atoms with E-state index in [4.69, 9.17) is 14.6 Å². The van der Waals surface area contributed by atoms with E-state index in [1.165, 1.54) is 7.11 Å². The van der Waals surface area contributed by atoms with E-state index in [0.717, 1.165) is 5.56 Å². The van der Waals surface area contributed by atoms with Crippen molar-refractivity contribution in [3.63, 3.8) is 0 Å². The third-order valence-corrected chi connectivity index (χ3v) is 2.36. The lowest BCUT2D eigenvalue weighted by molar-refractivity contribution is -0.142. The number of amides is 1. The van der Waals surface area contributed by atoms with Crippen molar-refractivity contribution in [2.75, 3.05) is 26.9 Å². The standard InChI is InChI=1S/C13H17NO5/c1-9-3-4-11(18-2)10(7-9)13(17)14-5-6-19-8-12(15)16/h3-4,7H,5-6,8H2,1-2H3,(H,14,17)(H,15,16). The van der Waals surface area contributed by atoms with Crippen LogP contribution in [0.4, 0.5) is 0 Å². The van der Waals surface area contributed by atoms with Gasteiger partial charge in [-0.1, -0.05) is 11.6 Å². The average Bonchev–Trinajstić information content (AvgIpc) is 2.37. The summed E-state index contributed by atoms with van der Waals surface area (Å²) >= 11 is 0. The fraction of sp³-hybridized carbons (Fsp3) is 0.385. The smallest absolute Gasteiger partial charge is 0.329 e. The maximum absolute atomic E-state index is 11.9. The number of hydrogen-bond donors (Lipinski definition) is 2. The molecule has 0 radical (unpaired) electrons. The fourth-order valence-electron chi connectivity index (χ4n) is 1.49. The average molecular weight is 267 g/mol. The zero-order valence-electron chi connectivity index (χ0n) is 10.9. The summed E-state index contributed by atoms with van der Waals surface area (Å²) in [6.45, 7) is 1.89. The molecule has 6 heteroatoms. The van der Waals surface area contributed by atoms with Crippen LogP contribution in [0.2, 0.25) is 0 Å². The maximum atomic E-state index is 11.9. The molecule has 0 bridgehead atoms. The van der Waals surface area contributed by atoms with E-state index in [1.807, 2.05) is 13.0 Å². The van der Waals surface area contributed by atoms with Crippen LogP contribution in [0.3, 0.4) is 0 Å². The van der Waals surface area contributed by atoms with E-state index in [0.29, 0.717) is 11.3 Å². The molecule has 0 aliphatic heterocycles. The first-order valence-electron chi connectivity index (χ1n) is 5.77. The molecule has 1 aromatic carbocycles. The molecule has 0 saturated carbocycles. The molecule has 1 rings (SSSR count). The van der Waals surface area contributed by atoms with Gasteiger partial charge >= 0.3 is 5.97 Å². The molecular formula is C13H17NO5. The van der Waals surface area contributed by atoms with Gasteiger partial charge in [0.05, 0.1) is 19.3 Å². The van der Waals surface area contributed by atoms with Gasteiger partial charge in [0, 0.05) is 6.54 Å². The molecule has 2 N–H and O–H groups in total. The van der Waals surface area contributed by atoms with Crippen LogP contribution in [0, 0.1) is 6.92 Å². The number of carbonyl (C=O) groups is 2. The van der Waals surface area contributed by atoms with Gasteiger partial charge in [-0.25, -0.2) is 4.79 Å². The third kappa shape index (κ3) is 4.97. The molecular weight excluding hydrogens is 250 g/mol. The van der Waals surface area contributed by atoms with E-state index in [2.05, 4.69) is 5.32 Å². The van der Waals surface area contributed by atoms with Crippen molar-refractivity contribution in [2.45, 2.75) is 6.92 Å². The fourth-order valence-corrected chi connectivity index (χ4v) is 1.49. The van der Waals surface area contributed by atoms with Crippen LogP contribution in [-0.2, 0) is 9.53 Å². The number of carboxylic acid groups (broad SMARTS) is 1. The second-order valence-electron chi connectivity index (χ2n) is 3.91. The van der Waals surface area contributed by atoms with Crippen LogP contribution in [0.5, 0.6) is 5.75 Å². The van der Waals surface area contributed by atoms with E-state index < -0.39 is 5.97 Å². The predicted molar refractivity (Wildman–Crippen MR) is 68.5 cm³/mol. The van der Waals surface area contributed by atoms with Gasteiger partial charge < -0.3 is 19.9 Å². The number of methoxy groups -OCH3 is 1. The highest BCUT2D eigenvalue weighted by Crippen LogP contribution is 2.19. The van der Waals surface area contributed by atoms with Gasteiger partial charge in [0.25, 0.3) is 5.91 Å². The molecule has 0 heterocycles. The van der Waals surface area contributed by atoms with Gasteiger partial charge in [-0.2, -0.15) is 0 Å². The number of carbonyl (C=O) groups excluding carboxylic acids is 1. The topological polar surface area (TPSA) is 84.9 Å². The van der Waals surface area contributed by atoms with Gasteiger partial charge in [0.2, 0.25) is 0 Å². The first-order valence-corrected chi connectivity index (χ1v) is 5.77. The molecule has 0 aromatic heterocycles. The summed E-state index contributed by atoms with van der Waals surface area (Å²) in [6, 6.07) is 5.31. The largest absolute Gasteiger partial charge is 0.496 e. The molecule has 0 atom stereocenters. The predicted octanol–water partition coefficient (Wildman–Crippen LogP) is 0.835. The van der Waals surface area contributed by atoms with Crippen molar-refractivity contribution in [3.8, 4) is 5.75 Å². The molecule has 0 saturated heterocycles. The molecule has 1 amide bonds. The lowest BCUT2D eigenvalue weighted by Crippen LogP contribution is -2.28. The number of rotatable bonds is 7. The Morgan fingerprint density at radius 2 is 2.11 bits per heavy atom. The minimum Gasteiger partial charge on any atom is -0.496 e. The molecule has 1 aromatic rings. The summed E-state index contributed by atoms with van der Waals surface area (Å²) in [5.74, 6) is -0.819. The number of ether oxygens (including phenoxy) is 2. The van der Waals surface area contributed by atoms with E-state index >= 15 is 0 Å². The first kappa shape index (κ1) is 15.0. The summed E-state index contributed by atoms with van der Waals surface area (Å²) in [5, 5.41) is 11.0. The number of carboxylic acids is 1. The number of nitrogens with one attached hydrogen (secondary N) is 1. The van der Waals surface area contributed by atoms with Gasteiger partial charge in [-0.3, -0.25) is 4.79 Å². The lowest BCUT2D eigenvalue weighted by Gasteiger charge is -2.10. The highest BCUT2D eigenvalue weighted by molar-refractivity contribution is 5.97. The molecule has 6 nitrogen and oxygen atoms in total. The van der Waals surface area contributed by atoms with Gasteiger partial charge in [0.1, 0.15) is 12.4 Å². The summed E-state index contributed by atoms with van der Waals surface area (Å²) in [5.41, 5.74) is 1.40. The van der Waals surface area contributed by atoms with Crippen molar-refractivity contribution in [1.29, 1.82) is 0 Å². The minimum atomic E-state index is -1.04. The Balaban J connectivity index is 2.49. The Hall–Kier alpha value is -2.08. The number of hydrogen-bond acceptors (Lipinski definition) is 4. The maximum Gasteiger partial charge on any atom is 0.329 e. The van der Waals surface area contributed by atoms with E-state index in [-0.39, 0.29) is 25.7 Å². The number of benzene rings is 1. The quantitative estimate of drug-likeness (QED) is 0.715. The molecule has 104 valence electrons. The van der Waals surface area contributed by atoms with E-state index in [9.17, 15) is 9.59 Å². The number of aliphatic carboxylic acids is 1. The summed E-state index contributed by atoms with van der Waals surface area (Å²) in [6.07, 6.45) is 0. The van der Waals surface area contributed by atoms with Crippen LogP contribution in [0.25, 0.3) is 0 Å². The monoisotopic (exact) mass is 267 g/mol. The second kappa shape index (κ2) is 7.38. The van der Waals surface area contributed by atoms with Crippen LogP contribution in [-0.4, -0.2) is 43.9 Å². The van der Waals surface area contributed by atoms with Crippen molar-refractivity contribution < 1.29 is 24.2 Å². The molecule has 0 spiro atoms. The second-order valence-corrected chi connectivity index (χ2v) is 3.91. The van der Waals surface area contributed by atoms with Crippen molar-refractivity contribution in [2.24, 2.45) is 0 Å². The van der Waals surface area contributed by atoms with Crippen LogP contribution in [0.1, 0.15) is 15.9 Å². The Labute approximate surface area is 111 Å². The van der Waals surface area contributed by atoms with Crippen molar-refractivity contribution >= 4 is 11.9 Å². The zero-order chi connectivity index (χ0) is 14.3. The minimum absolute atomic E-state index is 0.145. The Bertz CT molecular complexity index is 458. The van der Waals surface area contributed by atoms with Gasteiger partial charge in [-0.05, 0) is 19.1 Å². The molecule has 19 heavy (non-hydrogen) atoms. The first-order chi connectivity index (χ1) is 9.04. The Morgan fingerprint density at radius 3 is 2.74 bits per heavy atom. The number of aryl methyl sites for hydroxylation is 1. The molecule has 0 aliphatic carbocycles. The van der Waals surface area contributed by atoms with Crippen molar-refractivity contribution in [3.05, 3.63) is 29.3 Å². The van der Waals surface area contributed by atoms with Gasteiger partial charge in [0.15, 0.2) is 0 Å². The molecule has 0 fully saturated rings. The summed E-state index contributed by atoms with van der Waals surface area (Å²) < 4.78 is 9.93. The van der Waals surface area contributed by atoms with Crippen LogP contribution < -0.4 is 10.1 Å². The van der Waals surface area contributed by atoms with Gasteiger partial charge in [-0.15, -0.1) is 0 Å². The van der Waals surface area contributed by atoms with Crippen LogP contribution in [0.15, 0.2) is 18.2 Å². The SMILES string of the molecule is COc1ccc(C)cc1C(=O)NCCOCC(=O)O. The third-order valence-electron chi connectivity index (χ3n) is 2.36.